The molecule has 2 aliphatic rings. The normalized spacial score (nSPS) is 18.2. The minimum absolute atomic E-state index is 0.0648. The number of hydrogen-bond acceptors (Lipinski definition) is 3. The minimum Gasteiger partial charge on any atom is -0.370 e. The van der Waals surface area contributed by atoms with Gasteiger partial charge < -0.3 is 19.9 Å². The van der Waals surface area contributed by atoms with E-state index in [0.29, 0.717) is 18.5 Å². The number of amides is 2. The van der Waals surface area contributed by atoms with Crippen molar-refractivity contribution in [2.45, 2.75) is 32.4 Å². The molecule has 2 heterocycles. The average Bonchev–Trinajstić information content (AvgIpc) is 3.19. The molecule has 0 spiro atoms. The van der Waals surface area contributed by atoms with Crippen molar-refractivity contribution in [1.82, 2.24) is 10.2 Å². The van der Waals surface area contributed by atoms with E-state index in [9.17, 15) is 9.59 Å². The van der Waals surface area contributed by atoms with Gasteiger partial charge in [0, 0.05) is 25.1 Å². The fourth-order valence-electron chi connectivity index (χ4n) is 4.35. The zero-order chi connectivity index (χ0) is 21.6. The first-order chi connectivity index (χ1) is 15.1. The summed E-state index contributed by atoms with van der Waals surface area (Å²) < 4.78 is 5.49. The van der Waals surface area contributed by atoms with Crippen LogP contribution in [0.15, 0.2) is 48.5 Å². The highest BCUT2D eigenvalue weighted by Gasteiger charge is 2.24. The first-order valence-corrected chi connectivity index (χ1v) is 11.2. The molecule has 0 unspecified atom stereocenters. The Balaban J connectivity index is 1.47. The standard InChI is InChI=1S/C25H31N3O3/c1-19-7-9-21(10-8-19)23(18-27-12-14-31-15-13-27)26-25(30)22-5-2-4-20(16-22)17-28-11-3-6-24(28)29/h2,4-5,7-10,16,23H,3,6,11-15,17-18H2,1H3,(H,26,30)/p+1/t23-/m1/s1. The third-order valence-corrected chi connectivity index (χ3v) is 6.21. The van der Waals surface area contributed by atoms with Crippen molar-refractivity contribution in [3.63, 3.8) is 0 Å². The predicted molar refractivity (Wildman–Crippen MR) is 119 cm³/mol. The van der Waals surface area contributed by atoms with Gasteiger partial charge >= 0.3 is 0 Å². The molecule has 2 aromatic rings. The molecule has 164 valence electrons. The van der Waals surface area contributed by atoms with Gasteiger partial charge in [-0.2, -0.15) is 0 Å². The van der Waals surface area contributed by atoms with Gasteiger partial charge in [-0.15, -0.1) is 0 Å². The Hall–Kier alpha value is -2.70. The molecule has 2 aromatic carbocycles. The van der Waals surface area contributed by atoms with Crippen molar-refractivity contribution in [2.75, 3.05) is 39.4 Å². The molecule has 0 bridgehead atoms. The van der Waals surface area contributed by atoms with Crippen LogP contribution >= 0.6 is 0 Å². The predicted octanol–water partition coefficient (Wildman–Crippen LogP) is 1.50. The molecule has 0 aliphatic carbocycles. The number of likely N-dealkylation sites (tertiary alicyclic amines) is 1. The molecule has 0 saturated carbocycles. The van der Waals surface area contributed by atoms with E-state index < -0.39 is 0 Å². The van der Waals surface area contributed by atoms with Crippen LogP contribution in [-0.4, -0.2) is 56.1 Å². The van der Waals surface area contributed by atoms with Crippen molar-refractivity contribution in [1.29, 1.82) is 0 Å². The average molecular weight is 423 g/mol. The minimum atomic E-state index is -0.0761. The second kappa shape index (κ2) is 10.1. The fraction of sp³-hybridized carbons (Fsp3) is 0.440. The van der Waals surface area contributed by atoms with E-state index in [2.05, 4.69) is 36.5 Å². The Morgan fingerprint density at radius 1 is 1.16 bits per heavy atom. The van der Waals surface area contributed by atoms with Crippen molar-refractivity contribution >= 4 is 11.8 Å². The van der Waals surface area contributed by atoms with Crippen LogP contribution in [-0.2, 0) is 16.1 Å². The van der Waals surface area contributed by atoms with Crippen molar-refractivity contribution in [3.05, 3.63) is 70.8 Å². The lowest BCUT2D eigenvalue weighted by molar-refractivity contribution is -0.909. The molecule has 2 saturated heterocycles. The molecule has 6 heteroatoms. The highest BCUT2D eigenvalue weighted by molar-refractivity contribution is 5.94. The van der Waals surface area contributed by atoms with Gasteiger partial charge in [0.2, 0.25) is 5.91 Å². The van der Waals surface area contributed by atoms with E-state index in [1.807, 2.05) is 29.2 Å². The van der Waals surface area contributed by atoms with Crippen LogP contribution in [0.1, 0.15) is 45.9 Å². The maximum atomic E-state index is 13.2. The van der Waals surface area contributed by atoms with Gasteiger partial charge in [0.05, 0.1) is 13.2 Å². The van der Waals surface area contributed by atoms with Gasteiger partial charge in [-0.1, -0.05) is 42.0 Å². The van der Waals surface area contributed by atoms with E-state index in [4.69, 9.17) is 4.74 Å². The summed E-state index contributed by atoms with van der Waals surface area (Å²) in [7, 11) is 0. The van der Waals surface area contributed by atoms with E-state index in [1.165, 1.54) is 10.5 Å². The summed E-state index contributed by atoms with van der Waals surface area (Å²) in [5.41, 5.74) is 3.96. The summed E-state index contributed by atoms with van der Waals surface area (Å²) in [5, 5.41) is 3.26. The second-order valence-corrected chi connectivity index (χ2v) is 8.62. The molecule has 1 atom stereocenters. The van der Waals surface area contributed by atoms with Crippen LogP contribution in [0.2, 0.25) is 0 Å². The summed E-state index contributed by atoms with van der Waals surface area (Å²) in [6, 6.07) is 16.0. The van der Waals surface area contributed by atoms with E-state index >= 15 is 0 Å². The molecule has 2 amide bonds. The number of quaternary nitrogens is 1. The number of rotatable bonds is 7. The number of aryl methyl sites for hydroxylation is 1. The smallest absolute Gasteiger partial charge is 0.251 e. The molecule has 0 aromatic heterocycles. The Labute approximate surface area is 184 Å². The van der Waals surface area contributed by atoms with Crippen LogP contribution in [0, 0.1) is 6.92 Å². The molecular formula is C25H32N3O3+. The van der Waals surface area contributed by atoms with Gasteiger partial charge in [-0.25, -0.2) is 0 Å². The maximum Gasteiger partial charge on any atom is 0.251 e. The van der Waals surface area contributed by atoms with E-state index in [1.54, 1.807) is 0 Å². The first-order valence-electron chi connectivity index (χ1n) is 11.2. The number of ether oxygens (including phenoxy) is 1. The molecule has 2 aliphatic heterocycles. The monoisotopic (exact) mass is 422 g/mol. The highest BCUT2D eigenvalue weighted by Crippen LogP contribution is 2.17. The van der Waals surface area contributed by atoms with Gasteiger partial charge in [-0.05, 0) is 36.6 Å². The quantitative estimate of drug-likeness (QED) is 0.711. The number of hydrogen-bond donors (Lipinski definition) is 2. The topological polar surface area (TPSA) is 63.1 Å². The number of nitrogens with one attached hydrogen (secondary N) is 2. The van der Waals surface area contributed by atoms with Crippen molar-refractivity contribution in [2.24, 2.45) is 0 Å². The zero-order valence-corrected chi connectivity index (χ0v) is 18.2. The lowest BCUT2D eigenvalue weighted by Gasteiger charge is -2.28. The van der Waals surface area contributed by atoms with Crippen LogP contribution in [0.4, 0.5) is 0 Å². The second-order valence-electron chi connectivity index (χ2n) is 8.62. The van der Waals surface area contributed by atoms with Gasteiger partial charge in [0.25, 0.3) is 5.91 Å². The number of carbonyl (C=O) groups excluding carboxylic acids is 2. The summed E-state index contributed by atoms with van der Waals surface area (Å²) in [4.78, 5) is 28.4. The lowest BCUT2D eigenvalue weighted by atomic mass is 10.0. The number of benzene rings is 2. The summed E-state index contributed by atoms with van der Waals surface area (Å²) in [5.74, 6) is 0.121. The van der Waals surface area contributed by atoms with Gasteiger partial charge in [0.1, 0.15) is 25.7 Å². The van der Waals surface area contributed by atoms with E-state index in [0.717, 1.165) is 56.9 Å². The number of morpholine rings is 1. The largest absolute Gasteiger partial charge is 0.370 e. The highest BCUT2D eigenvalue weighted by atomic mass is 16.5. The third kappa shape index (κ3) is 5.71. The molecule has 31 heavy (non-hydrogen) atoms. The molecule has 4 rings (SSSR count). The molecule has 0 radical (unpaired) electrons. The SMILES string of the molecule is Cc1ccc([C@@H](C[NH+]2CCOCC2)NC(=O)c2cccc(CN3CCCC3=O)c2)cc1. The van der Waals surface area contributed by atoms with Crippen LogP contribution < -0.4 is 10.2 Å². The van der Waals surface area contributed by atoms with Crippen LogP contribution in [0.25, 0.3) is 0 Å². The summed E-state index contributed by atoms with van der Waals surface area (Å²) in [6.45, 7) is 7.71. The molecule has 2 fully saturated rings. The summed E-state index contributed by atoms with van der Waals surface area (Å²) >= 11 is 0. The molecular weight excluding hydrogens is 390 g/mol. The maximum absolute atomic E-state index is 13.2. The third-order valence-electron chi connectivity index (χ3n) is 6.21. The lowest BCUT2D eigenvalue weighted by Crippen LogP contribution is -3.14. The van der Waals surface area contributed by atoms with Crippen molar-refractivity contribution < 1.29 is 19.2 Å². The van der Waals surface area contributed by atoms with Gasteiger partial charge in [-0.3, -0.25) is 9.59 Å². The van der Waals surface area contributed by atoms with E-state index in [-0.39, 0.29) is 17.9 Å². The molecule has 6 nitrogen and oxygen atoms in total. The van der Waals surface area contributed by atoms with Crippen LogP contribution in [0.5, 0.6) is 0 Å². The first kappa shape index (κ1) is 21.5. The Bertz CT molecular complexity index is 906. The number of nitrogens with zero attached hydrogens (tertiary/aromatic N) is 1. The summed E-state index contributed by atoms with van der Waals surface area (Å²) in [6.07, 6.45) is 1.55. The Morgan fingerprint density at radius 3 is 2.65 bits per heavy atom. The number of carbonyl (C=O) groups is 2. The Morgan fingerprint density at radius 2 is 1.94 bits per heavy atom. The fourth-order valence-corrected chi connectivity index (χ4v) is 4.35. The molecule has 2 N–H and O–H groups in total. The Kier molecular flexibility index (Phi) is 6.99. The zero-order valence-electron chi connectivity index (χ0n) is 18.2. The van der Waals surface area contributed by atoms with Crippen molar-refractivity contribution in [3.8, 4) is 0 Å². The van der Waals surface area contributed by atoms with Crippen LogP contribution in [0.3, 0.4) is 0 Å². The van der Waals surface area contributed by atoms with Gasteiger partial charge in [0.15, 0.2) is 0 Å².